The first-order chi connectivity index (χ1) is 7.79. The van der Waals surface area contributed by atoms with Crippen LogP contribution in [-0.2, 0) is 10.0 Å². The highest BCUT2D eigenvalue weighted by molar-refractivity contribution is 9.09. The van der Waals surface area contributed by atoms with Crippen molar-refractivity contribution in [1.29, 1.82) is 0 Å². The number of nitrogens with zero attached hydrogens (tertiary/aromatic N) is 2. The van der Waals surface area contributed by atoms with Crippen LogP contribution >= 0.6 is 15.9 Å². The third-order valence-corrected chi connectivity index (χ3v) is 4.64. The van der Waals surface area contributed by atoms with Gasteiger partial charge in [-0.05, 0) is 25.8 Å². The molecule has 0 spiro atoms. The molecule has 1 aliphatic rings. The Balaban J connectivity index is 2.45. The van der Waals surface area contributed by atoms with Crippen LogP contribution in [0.1, 0.15) is 19.8 Å². The fraction of sp³-hybridized carbons (Fsp3) is 1.00. The summed E-state index contributed by atoms with van der Waals surface area (Å²) in [6.07, 6.45) is 3.42. The molecule has 0 radical (unpaired) electrons. The van der Waals surface area contributed by atoms with E-state index in [0.717, 1.165) is 25.9 Å². The molecule has 1 rings (SSSR count). The largest absolute Gasteiger partial charge is 0.305 e. The van der Waals surface area contributed by atoms with Gasteiger partial charge in [-0.3, -0.25) is 0 Å². The lowest BCUT2D eigenvalue weighted by Crippen LogP contribution is -2.43. The summed E-state index contributed by atoms with van der Waals surface area (Å²) in [4.78, 5) is 2.75. The van der Waals surface area contributed by atoms with E-state index in [4.69, 9.17) is 0 Å². The molecule has 0 aromatic carbocycles. The molecule has 2 unspecified atom stereocenters. The predicted molar refractivity (Wildman–Crippen MR) is 75.0 cm³/mol. The Labute approximate surface area is 114 Å². The molecular weight excluding hydrogens is 304 g/mol. The normalized spacial score (nSPS) is 25.1. The number of halogens is 1. The monoisotopic (exact) mass is 326 g/mol. The zero-order valence-corrected chi connectivity index (χ0v) is 13.3. The van der Waals surface area contributed by atoms with E-state index < -0.39 is 10.0 Å². The van der Waals surface area contributed by atoms with Crippen LogP contribution in [0.5, 0.6) is 0 Å². The average molecular weight is 327 g/mol. The molecule has 0 N–H and O–H groups in total. The summed E-state index contributed by atoms with van der Waals surface area (Å²) in [6, 6.07) is 0. The number of rotatable bonds is 5. The Hall–Kier alpha value is 0.350. The van der Waals surface area contributed by atoms with E-state index in [2.05, 4.69) is 34.8 Å². The zero-order valence-electron chi connectivity index (χ0n) is 10.9. The Morgan fingerprint density at radius 1 is 1.53 bits per heavy atom. The maximum absolute atomic E-state index is 11.5. The van der Waals surface area contributed by atoms with Crippen LogP contribution in [0.4, 0.5) is 0 Å². The van der Waals surface area contributed by atoms with E-state index in [1.807, 2.05) is 0 Å². The summed E-state index contributed by atoms with van der Waals surface area (Å²) >= 11 is 3.54. The molecule has 1 heterocycles. The fourth-order valence-electron chi connectivity index (χ4n) is 2.42. The molecule has 2 atom stereocenters. The molecule has 1 fully saturated rings. The predicted octanol–water partition coefficient (Wildman–Crippen LogP) is 1.37. The quantitative estimate of drug-likeness (QED) is 0.716. The summed E-state index contributed by atoms with van der Waals surface area (Å²) in [5.41, 5.74) is 0. The van der Waals surface area contributed by atoms with Crippen molar-refractivity contribution in [2.24, 2.45) is 5.92 Å². The molecule has 17 heavy (non-hydrogen) atoms. The van der Waals surface area contributed by atoms with Crippen LogP contribution < -0.4 is 0 Å². The smallest absolute Gasteiger partial charge is 0.211 e. The van der Waals surface area contributed by atoms with Gasteiger partial charge in [-0.2, -0.15) is 0 Å². The summed E-state index contributed by atoms with van der Waals surface area (Å²) in [5.74, 6) is 0.467. The average Bonchev–Trinajstić information content (AvgIpc) is 2.15. The first kappa shape index (κ1) is 15.4. The van der Waals surface area contributed by atoms with Crippen LogP contribution in [0.25, 0.3) is 0 Å². The number of hydrogen-bond donors (Lipinski definition) is 0. The van der Waals surface area contributed by atoms with Gasteiger partial charge in [0.1, 0.15) is 0 Å². The molecule has 6 heteroatoms. The van der Waals surface area contributed by atoms with Crippen LogP contribution in [0.2, 0.25) is 0 Å². The topological polar surface area (TPSA) is 40.6 Å². The second-order valence-corrected chi connectivity index (χ2v) is 8.68. The van der Waals surface area contributed by atoms with Crippen LogP contribution in [0, 0.1) is 5.92 Å². The first-order valence-corrected chi connectivity index (χ1v) is 8.83. The van der Waals surface area contributed by atoms with Crippen LogP contribution in [0.15, 0.2) is 0 Å². The van der Waals surface area contributed by atoms with Crippen molar-refractivity contribution in [3.05, 3.63) is 0 Å². The lowest BCUT2D eigenvalue weighted by Gasteiger charge is -2.33. The Kier molecular flexibility index (Phi) is 5.89. The van der Waals surface area contributed by atoms with Crippen LogP contribution in [0.3, 0.4) is 0 Å². The number of alkyl halides is 1. The van der Waals surface area contributed by atoms with Gasteiger partial charge in [0.05, 0.1) is 6.26 Å². The highest BCUT2D eigenvalue weighted by atomic mass is 79.9. The Bertz CT molecular complexity index is 332. The second kappa shape index (κ2) is 6.50. The maximum atomic E-state index is 11.5. The van der Waals surface area contributed by atoms with E-state index in [0.29, 0.717) is 23.8 Å². The SMILES string of the molecule is CC(Br)CN(C)CC1CCCN(S(C)(=O)=O)C1. The van der Waals surface area contributed by atoms with Gasteiger partial charge >= 0.3 is 0 Å². The molecule has 0 aromatic rings. The molecule has 0 bridgehead atoms. The van der Waals surface area contributed by atoms with Gasteiger partial charge in [-0.1, -0.05) is 22.9 Å². The first-order valence-electron chi connectivity index (χ1n) is 6.06. The van der Waals surface area contributed by atoms with Crippen molar-refractivity contribution in [3.63, 3.8) is 0 Å². The van der Waals surface area contributed by atoms with Gasteiger partial charge in [0.15, 0.2) is 0 Å². The van der Waals surface area contributed by atoms with Crippen molar-refractivity contribution in [3.8, 4) is 0 Å². The van der Waals surface area contributed by atoms with Crippen molar-refractivity contribution in [2.45, 2.75) is 24.6 Å². The van der Waals surface area contributed by atoms with Crippen molar-refractivity contribution >= 4 is 26.0 Å². The van der Waals surface area contributed by atoms with Crippen molar-refractivity contribution < 1.29 is 8.42 Å². The fourth-order valence-corrected chi connectivity index (χ4v) is 3.86. The minimum atomic E-state index is -3.01. The maximum Gasteiger partial charge on any atom is 0.211 e. The van der Waals surface area contributed by atoms with E-state index in [1.54, 1.807) is 4.31 Å². The van der Waals surface area contributed by atoms with Crippen LogP contribution in [-0.4, -0.2) is 61.9 Å². The molecule has 4 nitrogen and oxygen atoms in total. The van der Waals surface area contributed by atoms with E-state index in [-0.39, 0.29) is 0 Å². The van der Waals surface area contributed by atoms with Crippen molar-refractivity contribution in [2.75, 3.05) is 39.5 Å². The molecular formula is C11H23BrN2O2S. The molecule has 0 saturated carbocycles. The molecule has 1 aliphatic heterocycles. The van der Waals surface area contributed by atoms with Gasteiger partial charge in [0, 0.05) is 31.0 Å². The third kappa shape index (κ3) is 5.68. The lowest BCUT2D eigenvalue weighted by molar-refractivity contribution is 0.202. The molecule has 0 aromatic heterocycles. The number of sulfonamides is 1. The summed E-state index contributed by atoms with van der Waals surface area (Å²) in [5, 5.41) is 0. The summed E-state index contributed by atoms with van der Waals surface area (Å²) < 4.78 is 24.6. The second-order valence-electron chi connectivity index (χ2n) is 5.13. The zero-order chi connectivity index (χ0) is 13.1. The number of piperidine rings is 1. The van der Waals surface area contributed by atoms with Crippen molar-refractivity contribution in [1.82, 2.24) is 9.21 Å². The lowest BCUT2D eigenvalue weighted by atomic mass is 9.99. The molecule has 1 saturated heterocycles. The molecule has 0 amide bonds. The minimum Gasteiger partial charge on any atom is -0.305 e. The Morgan fingerprint density at radius 3 is 2.71 bits per heavy atom. The van der Waals surface area contributed by atoms with Gasteiger partial charge in [-0.15, -0.1) is 0 Å². The van der Waals surface area contributed by atoms with E-state index in [1.165, 1.54) is 6.26 Å². The Morgan fingerprint density at radius 2 is 2.18 bits per heavy atom. The molecule has 102 valence electrons. The van der Waals surface area contributed by atoms with Gasteiger partial charge in [0.25, 0.3) is 0 Å². The minimum absolute atomic E-state index is 0.467. The highest BCUT2D eigenvalue weighted by Gasteiger charge is 2.26. The number of hydrogen-bond acceptors (Lipinski definition) is 3. The standard InChI is InChI=1S/C11H23BrN2O2S/c1-10(12)7-13(2)8-11-5-4-6-14(9-11)17(3,15)16/h10-11H,4-9H2,1-3H3. The molecule has 0 aliphatic carbocycles. The van der Waals surface area contributed by atoms with E-state index >= 15 is 0 Å². The third-order valence-electron chi connectivity index (χ3n) is 3.08. The van der Waals surface area contributed by atoms with Gasteiger partial charge in [0.2, 0.25) is 10.0 Å². The highest BCUT2D eigenvalue weighted by Crippen LogP contribution is 2.19. The summed E-state index contributed by atoms with van der Waals surface area (Å²) in [6.45, 7) is 5.46. The van der Waals surface area contributed by atoms with E-state index in [9.17, 15) is 8.42 Å². The van der Waals surface area contributed by atoms with Gasteiger partial charge < -0.3 is 4.90 Å². The summed E-state index contributed by atoms with van der Waals surface area (Å²) in [7, 11) is -0.918. The van der Waals surface area contributed by atoms with Gasteiger partial charge in [-0.25, -0.2) is 12.7 Å².